The van der Waals surface area contributed by atoms with E-state index in [-0.39, 0.29) is 23.1 Å². The van der Waals surface area contributed by atoms with E-state index in [1.54, 1.807) is 25.1 Å². The van der Waals surface area contributed by atoms with E-state index in [9.17, 15) is 8.78 Å². The van der Waals surface area contributed by atoms with E-state index < -0.39 is 6.61 Å². The Morgan fingerprint density at radius 2 is 1.63 bits per heavy atom. The molecule has 0 fully saturated rings. The molecule has 2 aromatic carbocycles. The van der Waals surface area contributed by atoms with Crippen molar-refractivity contribution in [3.63, 3.8) is 0 Å². The molecule has 0 saturated carbocycles. The van der Waals surface area contributed by atoms with Gasteiger partial charge in [-0.2, -0.15) is 8.78 Å². The lowest BCUT2D eigenvalue weighted by atomic mass is 10.1. The van der Waals surface area contributed by atoms with Gasteiger partial charge in [-0.05, 0) is 19.1 Å². The van der Waals surface area contributed by atoms with Crippen LogP contribution < -0.4 is 4.74 Å². The summed E-state index contributed by atoms with van der Waals surface area (Å²) in [6, 6.07) is 15.6. The highest BCUT2D eigenvalue weighted by Crippen LogP contribution is 2.36. The van der Waals surface area contributed by atoms with Crippen molar-refractivity contribution in [3.8, 4) is 39.9 Å². The second kappa shape index (κ2) is 6.99. The topological polar surface area (TPSA) is 74.2 Å². The van der Waals surface area contributed by atoms with Gasteiger partial charge in [0, 0.05) is 5.56 Å². The van der Waals surface area contributed by atoms with Crippen LogP contribution in [0.3, 0.4) is 0 Å². The zero-order valence-electron chi connectivity index (χ0n) is 14.1. The van der Waals surface area contributed by atoms with Crippen LogP contribution in [0.4, 0.5) is 8.78 Å². The van der Waals surface area contributed by atoms with Crippen LogP contribution in [0, 0.1) is 6.92 Å². The minimum absolute atomic E-state index is 0.0481. The predicted molar refractivity (Wildman–Crippen MR) is 92.0 cm³/mol. The number of hydrogen-bond donors (Lipinski definition) is 0. The summed E-state index contributed by atoms with van der Waals surface area (Å²) in [7, 11) is 0. The fourth-order valence-electron chi connectivity index (χ4n) is 2.69. The summed E-state index contributed by atoms with van der Waals surface area (Å²) in [5.41, 5.74) is 2.20. The van der Waals surface area contributed by atoms with Gasteiger partial charge < -0.3 is 13.7 Å². The Bertz CT molecular complexity index is 1060. The van der Waals surface area contributed by atoms with Crippen LogP contribution in [0.1, 0.15) is 5.76 Å². The summed E-state index contributed by atoms with van der Waals surface area (Å²) in [5.74, 6) is 0.685. The number of hydrogen-bond acceptors (Lipinski definition) is 6. The van der Waals surface area contributed by atoms with E-state index in [0.29, 0.717) is 17.0 Å². The van der Waals surface area contributed by atoms with Crippen molar-refractivity contribution in [2.75, 3.05) is 0 Å². The lowest BCUT2D eigenvalue weighted by Crippen LogP contribution is -2.03. The maximum Gasteiger partial charge on any atom is 0.387 e. The highest BCUT2D eigenvalue weighted by atomic mass is 19.3. The van der Waals surface area contributed by atoms with Gasteiger partial charge in [0.15, 0.2) is 0 Å². The zero-order valence-corrected chi connectivity index (χ0v) is 14.1. The van der Waals surface area contributed by atoms with Gasteiger partial charge >= 0.3 is 6.61 Å². The van der Waals surface area contributed by atoms with Crippen molar-refractivity contribution in [2.45, 2.75) is 13.5 Å². The lowest BCUT2D eigenvalue weighted by Gasteiger charge is -2.07. The van der Waals surface area contributed by atoms with Crippen LogP contribution in [-0.4, -0.2) is 22.0 Å². The van der Waals surface area contributed by atoms with Crippen LogP contribution in [0.5, 0.6) is 5.75 Å². The van der Waals surface area contributed by atoms with Crippen molar-refractivity contribution in [2.24, 2.45) is 0 Å². The first kappa shape index (κ1) is 16.9. The molecule has 0 amide bonds. The molecule has 4 rings (SSSR count). The SMILES string of the molecule is Cc1onc(-c2ccccc2)c1-c1nnc(-c2ccccc2OC(F)F)o1. The minimum Gasteiger partial charge on any atom is -0.434 e. The van der Waals surface area contributed by atoms with Gasteiger partial charge in [-0.3, -0.25) is 0 Å². The van der Waals surface area contributed by atoms with Gasteiger partial charge in [0.25, 0.3) is 11.8 Å². The quantitative estimate of drug-likeness (QED) is 0.494. The molecular weight excluding hydrogens is 356 g/mol. The highest BCUT2D eigenvalue weighted by Gasteiger charge is 2.23. The first-order valence-corrected chi connectivity index (χ1v) is 8.03. The maximum absolute atomic E-state index is 12.6. The lowest BCUT2D eigenvalue weighted by molar-refractivity contribution is -0.0495. The third-order valence-corrected chi connectivity index (χ3v) is 3.88. The van der Waals surface area contributed by atoms with Crippen molar-refractivity contribution in [3.05, 3.63) is 60.4 Å². The zero-order chi connectivity index (χ0) is 18.8. The number of alkyl halides is 2. The number of rotatable bonds is 5. The molecule has 6 nitrogen and oxygen atoms in total. The summed E-state index contributed by atoms with van der Waals surface area (Å²) in [4.78, 5) is 0. The van der Waals surface area contributed by atoms with E-state index >= 15 is 0 Å². The summed E-state index contributed by atoms with van der Waals surface area (Å²) in [6.07, 6.45) is 0. The average Bonchev–Trinajstić information content (AvgIpc) is 3.29. The molecule has 0 aliphatic heterocycles. The van der Waals surface area contributed by atoms with Gasteiger partial charge in [0.1, 0.15) is 22.8 Å². The second-order valence-corrected chi connectivity index (χ2v) is 5.62. The number of halogens is 2. The first-order valence-electron chi connectivity index (χ1n) is 8.03. The Balaban J connectivity index is 1.77. The third kappa shape index (κ3) is 3.29. The van der Waals surface area contributed by atoms with Crippen molar-refractivity contribution >= 4 is 0 Å². The predicted octanol–water partition coefficient (Wildman–Crippen LogP) is 4.97. The molecule has 8 heteroatoms. The normalized spacial score (nSPS) is 11.1. The Kier molecular flexibility index (Phi) is 4.37. The van der Waals surface area contributed by atoms with E-state index in [1.165, 1.54) is 6.07 Å². The average molecular weight is 369 g/mol. The Labute approximate surface area is 152 Å². The van der Waals surface area contributed by atoms with Crippen LogP contribution in [0.15, 0.2) is 63.5 Å². The molecule has 0 bridgehead atoms. The van der Waals surface area contributed by atoms with Crippen LogP contribution in [-0.2, 0) is 0 Å². The molecule has 0 saturated heterocycles. The van der Waals surface area contributed by atoms with E-state index in [0.717, 1.165) is 5.56 Å². The molecule has 0 atom stereocenters. The molecular formula is C19H13F2N3O3. The van der Waals surface area contributed by atoms with Crippen LogP contribution >= 0.6 is 0 Å². The standard InChI is InChI=1S/C19H13F2N3O3/c1-11-15(16(24-27-11)12-7-3-2-4-8-12)18-23-22-17(26-18)13-9-5-6-10-14(13)25-19(20)21/h2-10,19H,1H3. The molecule has 0 N–H and O–H groups in total. The Morgan fingerprint density at radius 3 is 2.41 bits per heavy atom. The smallest absolute Gasteiger partial charge is 0.387 e. The van der Waals surface area contributed by atoms with E-state index in [4.69, 9.17) is 8.94 Å². The van der Waals surface area contributed by atoms with Gasteiger partial charge in [0.2, 0.25) is 0 Å². The summed E-state index contributed by atoms with van der Waals surface area (Å²) >= 11 is 0. The summed E-state index contributed by atoms with van der Waals surface area (Å²) < 4.78 is 40.8. The van der Waals surface area contributed by atoms with Gasteiger partial charge in [0.05, 0.1) is 5.56 Å². The number of ether oxygens (including phenoxy) is 1. The van der Waals surface area contributed by atoms with Gasteiger partial charge in [-0.15, -0.1) is 10.2 Å². The minimum atomic E-state index is -2.96. The molecule has 0 aliphatic carbocycles. The van der Waals surface area contributed by atoms with Crippen molar-refractivity contribution in [1.82, 2.24) is 15.4 Å². The molecule has 136 valence electrons. The van der Waals surface area contributed by atoms with Crippen molar-refractivity contribution < 1.29 is 22.5 Å². The summed E-state index contributed by atoms with van der Waals surface area (Å²) in [6.45, 7) is -1.23. The monoisotopic (exact) mass is 369 g/mol. The molecule has 0 radical (unpaired) electrons. The van der Waals surface area contributed by atoms with Crippen LogP contribution in [0.25, 0.3) is 34.2 Å². The van der Waals surface area contributed by atoms with Crippen molar-refractivity contribution in [1.29, 1.82) is 0 Å². The number of aryl methyl sites for hydroxylation is 1. The number of benzene rings is 2. The van der Waals surface area contributed by atoms with Crippen LogP contribution in [0.2, 0.25) is 0 Å². The number of nitrogens with zero attached hydrogens (tertiary/aromatic N) is 3. The largest absolute Gasteiger partial charge is 0.434 e. The summed E-state index contributed by atoms with van der Waals surface area (Å²) in [5, 5.41) is 12.1. The Hall–Kier alpha value is -3.55. The molecule has 0 spiro atoms. The Morgan fingerprint density at radius 1 is 0.926 bits per heavy atom. The highest BCUT2D eigenvalue weighted by molar-refractivity contribution is 5.78. The molecule has 0 aliphatic rings. The number of aromatic nitrogens is 3. The molecule has 4 aromatic rings. The molecule has 0 unspecified atom stereocenters. The van der Waals surface area contributed by atoms with E-state index in [1.807, 2.05) is 30.3 Å². The molecule has 2 heterocycles. The fraction of sp³-hybridized carbons (Fsp3) is 0.105. The second-order valence-electron chi connectivity index (χ2n) is 5.62. The van der Waals surface area contributed by atoms with Gasteiger partial charge in [-0.1, -0.05) is 47.6 Å². The van der Waals surface area contributed by atoms with E-state index in [2.05, 4.69) is 20.1 Å². The number of para-hydroxylation sites is 1. The fourth-order valence-corrected chi connectivity index (χ4v) is 2.69. The maximum atomic E-state index is 12.6. The molecule has 2 aromatic heterocycles. The van der Waals surface area contributed by atoms with Gasteiger partial charge in [-0.25, -0.2) is 0 Å². The third-order valence-electron chi connectivity index (χ3n) is 3.88. The first-order chi connectivity index (χ1) is 13.1. The molecule has 27 heavy (non-hydrogen) atoms.